The number of hydrogen-bond donors (Lipinski definition) is 2. The third-order valence-electron chi connectivity index (χ3n) is 7.44. The molecule has 0 bridgehead atoms. The Balaban J connectivity index is 1.14. The topological polar surface area (TPSA) is 113 Å². The molecule has 6 rings (SSSR count). The first kappa shape index (κ1) is 23.5. The Kier molecular flexibility index (Phi) is 5.65. The van der Waals surface area contributed by atoms with Crippen LogP contribution in [0.1, 0.15) is 61.4 Å². The van der Waals surface area contributed by atoms with Gasteiger partial charge in [0.2, 0.25) is 11.8 Å². The highest BCUT2D eigenvalue weighted by molar-refractivity contribution is 6.01. The Bertz CT molecular complexity index is 1380. The van der Waals surface area contributed by atoms with E-state index in [1.807, 2.05) is 30.9 Å². The van der Waals surface area contributed by atoms with Crippen LogP contribution in [0.2, 0.25) is 0 Å². The number of piperidine rings is 1. The molecule has 1 aromatic carbocycles. The number of benzene rings is 1. The Morgan fingerprint density at radius 1 is 1.11 bits per heavy atom. The number of anilines is 2. The van der Waals surface area contributed by atoms with Crippen molar-refractivity contribution in [2.24, 2.45) is 0 Å². The summed E-state index contributed by atoms with van der Waals surface area (Å²) < 4.78 is 35.8. The standard InChI is InChI=1S/C26H26F2N6O3/c1-12-3-6-17(23(29-12)14-4-5-14)25-32-33-26(37-25)30-20-11-34(13(20)2)15-9-18(27)22(19(28)10-15)16-7-8-21(35)31-24(16)36/h3,6,9-10,13-14,16,20H,4-5,7-8,11H2,1-2H3,(H,30,33)(H,31,35,36)/t13-,16?,20+/m1/s1. The largest absolute Gasteiger partial charge is 0.403 e. The summed E-state index contributed by atoms with van der Waals surface area (Å²) in [4.78, 5) is 30.0. The lowest BCUT2D eigenvalue weighted by Crippen LogP contribution is -2.62. The average Bonchev–Trinajstić information content (AvgIpc) is 3.60. The zero-order chi connectivity index (χ0) is 25.8. The second-order valence-corrected chi connectivity index (χ2v) is 10.0. The van der Waals surface area contributed by atoms with Crippen LogP contribution in [0.25, 0.3) is 11.5 Å². The van der Waals surface area contributed by atoms with Gasteiger partial charge in [0.15, 0.2) is 0 Å². The number of halogens is 2. The highest BCUT2D eigenvalue weighted by Gasteiger charge is 2.39. The summed E-state index contributed by atoms with van der Waals surface area (Å²) in [6.45, 7) is 4.35. The molecular weight excluding hydrogens is 482 g/mol. The lowest BCUT2D eigenvalue weighted by Gasteiger charge is -2.48. The molecule has 9 nitrogen and oxygen atoms in total. The van der Waals surface area contributed by atoms with Crippen molar-refractivity contribution >= 4 is 23.5 Å². The summed E-state index contributed by atoms with van der Waals surface area (Å²) in [5.74, 6) is -2.88. The molecule has 1 saturated carbocycles. The highest BCUT2D eigenvalue weighted by atomic mass is 19.1. The fraction of sp³-hybridized carbons (Fsp3) is 0.423. The van der Waals surface area contributed by atoms with Gasteiger partial charge in [-0.15, -0.1) is 5.10 Å². The van der Waals surface area contributed by atoms with E-state index in [4.69, 9.17) is 4.42 Å². The molecule has 37 heavy (non-hydrogen) atoms. The number of carbonyl (C=O) groups excluding carboxylic acids is 2. The number of aryl methyl sites for hydroxylation is 1. The van der Waals surface area contributed by atoms with E-state index < -0.39 is 29.4 Å². The van der Waals surface area contributed by atoms with Gasteiger partial charge in [-0.2, -0.15) is 0 Å². The van der Waals surface area contributed by atoms with Crippen LogP contribution >= 0.6 is 0 Å². The van der Waals surface area contributed by atoms with Gasteiger partial charge in [0.1, 0.15) is 11.6 Å². The Labute approximate surface area is 211 Å². The van der Waals surface area contributed by atoms with E-state index >= 15 is 0 Å². The molecule has 4 heterocycles. The first-order valence-corrected chi connectivity index (χ1v) is 12.5. The van der Waals surface area contributed by atoms with E-state index in [2.05, 4.69) is 25.8 Å². The summed E-state index contributed by atoms with van der Waals surface area (Å²) in [6.07, 6.45) is 2.34. The fourth-order valence-corrected chi connectivity index (χ4v) is 5.13. The number of carbonyl (C=O) groups is 2. The zero-order valence-corrected chi connectivity index (χ0v) is 20.4. The van der Waals surface area contributed by atoms with E-state index in [-0.39, 0.29) is 36.5 Å². The van der Waals surface area contributed by atoms with Crippen molar-refractivity contribution in [3.8, 4) is 11.5 Å². The average molecular weight is 509 g/mol. The number of nitrogens with one attached hydrogen (secondary N) is 2. The van der Waals surface area contributed by atoms with Crippen LogP contribution in [-0.4, -0.2) is 45.6 Å². The summed E-state index contributed by atoms with van der Waals surface area (Å²) in [5, 5.41) is 13.7. The van der Waals surface area contributed by atoms with Crippen molar-refractivity contribution in [2.45, 2.75) is 63.5 Å². The Morgan fingerprint density at radius 3 is 2.54 bits per heavy atom. The number of imide groups is 1. The normalized spacial score (nSPS) is 23.6. The number of pyridine rings is 1. The minimum absolute atomic E-state index is 0.0489. The van der Waals surface area contributed by atoms with E-state index in [9.17, 15) is 18.4 Å². The molecule has 2 aromatic heterocycles. The molecule has 2 aliphatic heterocycles. The van der Waals surface area contributed by atoms with Gasteiger partial charge < -0.3 is 14.6 Å². The Hall–Kier alpha value is -3.89. The number of aromatic nitrogens is 3. The SMILES string of the molecule is Cc1ccc(-c2nnc(N[C@H]3CN(c4cc(F)c(C5CCC(=O)NC5=O)c(F)c4)[C@@H]3C)o2)c(C2CC2)n1. The maximum atomic E-state index is 15.0. The van der Waals surface area contributed by atoms with Gasteiger partial charge in [0.25, 0.3) is 5.89 Å². The monoisotopic (exact) mass is 508 g/mol. The van der Waals surface area contributed by atoms with Crippen molar-refractivity contribution in [3.63, 3.8) is 0 Å². The molecular formula is C26H26F2N6O3. The maximum absolute atomic E-state index is 15.0. The van der Waals surface area contributed by atoms with Crippen molar-refractivity contribution in [2.75, 3.05) is 16.8 Å². The molecule has 3 aromatic rings. The van der Waals surface area contributed by atoms with Gasteiger partial charge in [-0.1, -0.05) is 5.10 Å². The van der Waals surface area contributed by atoms with E-state index in [1.54, 1.807) is 0 Å². The summed E-state index contributed by atoms with van der Waals surface area (Å²) in [6, 6.07) is 6.45. The molecule has 0 radical (unpaired) electrons. The molecule has 1 unspecified atom stereocenters. The van der Waals surface area contributed by atoms with Gasteiger partial charge in [-0.05, 0) is 57.4 Å². The third-order valence-corrected chi connectivity index (χ3v) is 7.44. The second-order valence-electron chi connectivity index (χ2n) is 10.0. The van der Waals surface area contributed by atoms with Gasteiger partial charge in [0.05, 0.1) is 23.2 Å². The molecule has 1 aliphatic carbocycles. The van der Waals surface area contributed by atoms with Gasteiger partial charge in [-0.3, -0.25) is 19.9 Å². The van der Waals surface area contributed by atoms with Crippen molar-refractivity contribution in [1.82, 2.24) is 20.5 Å². The van der Waals surface area contributed by atoms with Crippen LogP contribution in [0, 0.1) is 18.6 Å². The lowest BCUT2D eigenvalue weighted by molar-refractivity contribution is -0.134. The molecule has 3 fully saturated rings. The molecule has 192 valence electrons. The van der Waals surface area contributed by atoms with E-state index in [0.717, 1.165) is 29.8 Å². The fourth-order valence-electron chi connectivity index (χ4n) is 5.13. The maximum Gasteiger partial charge on any atom is 0.316 e. The number of hydrogen-bond acceptors (Lipinski definition) is 8. The van der Waals surface area contributed by atoms with Gasteiger partial charge in [0, 0.05) is 41.9 Å². The van der Waals surface area contributed by atoms with E-state index in [1.165, 1.54) is 12.1 Å². The van der Waals surface area contributed by atoms with Crippen LogP contribution in [0.3, 0.4) is 0 Å². The van der Waals surface area contributed by atoms with Crippen LogP contribution in [0.5, 0.6) is 0 Å². The first-order chi connectivity index (χ1) is 17.8. The number of nitrogens with zero attached hydrogens (tertiary/aromatic N) is 4. The molecule has 2 saturated heterocycles. The zero-order valence-electron chi connectivity index (χ0n) is 20.4. The minimum atomic E-state index is -1.02. The van der Waals surface area contributed by atoms with Crippen LogP contribution in [-0.2, 0) is 9.59 Å². The van der Waals surface area contributed by atoms with Crippen LogP contribution in [0.4, 0.5) is 20.5 Å². The van der Waals surface area contributed by atoms with E-state index in [0.29, 0.717) is 24.0 Å². The smallest absolute Gasteiger partial charge is 0.316 e. The van der Waals surface area contributed by atoms with Crippen molar-refractivity contribution in [1.29, 1.82) is 0 Å². The molecule has 2 amide bonds. The van der Waals surface area contributed by atoms with Gasteiger partial charge >= 0.3 is 6.01 Å². The number of rotatable bonds is 6. The third kappa shape index (κ3) is 4.32. The summed E-state index contributed by atoms with van der Waals surface area (Å²) in [5.41, 5.74) is 2.86. The van der Waals surface area contributed by atoms with Crippen LogP contribution in [0.15, 0.2) is 28.7 Å². The molecule has 3 atom stereocenters. The summed E-state index contributed by atoms with van der Waals surface area (Å²) >= 11 is 0. The van der Waals surface area contributed by atoms with Crippen molar-refractivity contribution < 1.29 is 22.8 Å². The predicted molar refractivity (Wildman–Crippen MR) is 130 cm³/mol. The summed E-state index contributed by atoms with van der Waals surface area (Å²) in [7, 11) is 0. The lowest BCUT2D eigenvalue weighted by atomic mass is 9.89. The molecule has 2 N–H and O–H groups in total. The molecule has 0 spiro atoms. The first-order valence-electron chi connectivity index (χ1n) is 12.5. The van der Waals surface area contributed by atoms with Crippen molar-refractivity contribution in [3.05, 3.63) is 52.9 Å². The van der Waals surface area contributed by atoms with Crippen LogP contribution < -0.4 is 15.5 Å². The number of amides is 2. The highest BCUT2D eigenvalue weighted by Crippen LogP contribution is 2.43. The second kappa shape index (κ2) is 8.89. The predicted octanol–water partition coefficient (Wildman–Crippen LogP) is 3.81. The molecule has 3 aliphatic rings. The van der Waals surface area contributed by atoms with Gasteiger partial charge in [-0.25, -0.2) is 8.78 Å². The Morgan fingerprint density at radius 2 is 1.86 bits per heavy atom. The quantitative estimate of drug-likeness (QED) is 0.484. The minimum Gasteiger partial charge on any atom is -0.403 e. The molecule has 11 heteroatoms.